The van der Waals surface area contributed by atoms with Gasteiger partial charge in [0.05, 0.1) is 25.8 Å². The van der Waals surface area contributed by atoms with E-state index in [0.717, 1.165) is 18.4 Å². The highest BCUT2D eigenvalue weighted by atomic mass is 35.5. The van der Waals surface area contributed by atoms with Crippen molar-refractivity contribution in [1.82, 2.24) is 5.32 Å². The third kappa shape index (κ3) is 2.71. The van der Waals surface area contributed by atoms with Crippen LogP contribution in [0.4, 0.5) is 0 Å². The minimum atomic E-state index is -0.0837. The first-order valence-electron chi connectivity index (χ1n) is 5.90. The second-order valence-corrected chi connectivity index (χ2v) is 5.01. The average molecular weight is 272 g/mol. The Morgan fingerprint density at radius 2 is 2.06 bits per heavy atom. The molecule has 100 valence electrons. The van der Waals surface area contributed by atoms with Crippen LogP contribution in [0, 0.1) is 0 Å². The quantitative estimate of drug-likeness (QED) is 0.831. The maximum atomic E-state index is 9.24. The summed E-state index contributed by atoms with van der Waals surface area (Å²) in [5.41, 5.74) is 0.928. The molecule has 1 aromatic carbocycles. The second-order valence-electron chi connectivity index (χ2n) is 4.61. The lowest BCUT2D eigenvalue weighted by molar-refractivity contribution is 0.229. The molecule has 0 heterocycles. The Bertz CT molecular complexity index is 432. The predicted molar refractivity (Wildman–Crippen MR) is 70.4 cm³/mol. The van der Waals surface area contributed by atoms with E-state index in [1.54, 1.807) is 14.2 Å². The van der Waals surface area contributed by atoms with Crippen molar-refractivity contribution in [3.63, 3.8) is 0 Å². The molecule has 1 aromatic rings. The summed E-state index contributed by atoms with van der Waals surface area (Å²) >= 11 is 6.13. The van der Waals surface area contributed by atoms with Crippen LogP contribution < -0.4 is 14.8 Å². The van der Waals surface area contributed by atoms with Crippen LogP contribution in [0.15, 0.2) is 12.1 Å². The number of ether oxygens (including phenoxy) is 2. The van der Waals surface area contributed by atoms with Gasteiger partial charge >= 0.3 is 0 Å². The molecule has 1 saturated carbocycles. The molecule has 1 aliphatic rings. The Balaban J connectivity index is 2.11. The van der Waals surface area contributed by atoms with Crippen molar-refractivity contribution in [3.8, 4) is 11.5 Å². The van der Waals surface area contributed by atoms with Gasteiger partial charge in [-0.1, -0.05) is 11.6 Å². The molecule has 0 radical (unpaired) electrons. The average Bonchev–Trinajstić information content (AvgIpc) is 3.16. The van der Waals surface area contributed by atoms with E-state index in [2.05, 4.69) is 5.32 Å². The van der Waals surface area contributed by atoms with Gasteiger partial charge in [-0.2, -0.15) is 0 Å². The van der Waals surface area contributed by atoms with Crippen molar-refractivity contribution < 1.29 is 14.6 Å². The molecule has 4 nitrogen and oxygen atoms in total. The predicted octanol–water partition coefficient (Wildman–Crippen LogP) is 1.97. The summed E-state index contributed by atoms with van der Waals surface area (Å²) in [7, 11) is 3.15. The Labute approximate surface area is 112 Å². The van der Waals surface area contributed by atoms with Crippen LogP contribution in [-0.2, 0) is 6.54 Å². The molecule has 2 rings (SSSR count). The third-order valence-corrected chi connectivity index (χ3v) is 3.60. The Morgan fingerprint density at radius 3 is 2.56 bits per heavy atom. The van der Waals surface area contributed by atoms with E-state index < -0.39 is 0 Å². The van der Waals surface area contributed by atoms with E-state index in [0.29, 0.717) is 23.1 Å². The fourth-order valence-corrected chi connectivity index (χ4v) is 2.22. The molecule has 18 heavy (non-hydrogen) atoms. The minimum absolute atomic E-state index is 0.0837. The molecule has 0 atom stereocenters. The van der Waals surface area contributed by atoms with E-state index in [9.17, 15) is 5.11 Å². The number of halogens is 1. The minimum Gasteiger partial charge on any atom is -0.493 e. The first-order valence-corrected chi connectivity index (χ1v) is 6.28. The third-order valence-electron chi connectivity index (χ3n) is 3.32. The summed E-state index contributed by atoms with van der Waals surface area (Å²) in [5, 5.41) is 13.1. The van der Waals surface area contributed by atoms with E-state index in [-0.39, 0.29) is 12.1 Å². The van der Waals surface area contributed by atoms with Crippen molar-refractivity contribution >= 4 is 11.6 Å². The van der Waals surface area contributed by atoms with Gasteiger partial charge in [0, 0.05) is 12.1 Å². The van der Waals surface area contributed by atoms with E-state index in [1.165, 1.54) is 0 Å². The van der Waals surface area contributed by atoms with Crippen LogP contribution in [0.5, 0.6) is 11.5 Å². The zero-order valence-electron chi connectivity index (χ0n) is 10.6. The van der Waals surface area contributed by atoms with Crippen LogP contribution in [0.1, 0.15) is 18.4 Å². The number of benzene rings is 1. The zero-order valence-corrected chi connectivity index (χ0v) is 11.4. The van der Waals surface area contributed by atoms with E-state index in [1.807, 2.05) is 12.1 Å². The summed E-state index contributed by atoms with van der Waals surface area (Å²) in [6, 6.07) is 3.74. The normalized spacial score (nSPS) is 16.4. The molecule has 0 unspecified atom stereocenters. The lowest BCUT2D eigenvalue weighted by Gasteiger charge is -2.16. The summed E-state index contributed by atoms with van der Waals surface area (Å²) in [4.78, 5) is 0. The van der Waals surface area contributed by atoms with Gasteiger partial charge in [-0.25, -0.2) is 0 Å². The van der Waals surface area contributed by atoms with Crippen LogP contribution in [0.2, 0.25) is 5.02 Å². The van der Waals surface area contributed by atoms with Gasteiger partial charge in [0.2, 0.25) is 0 Å². The van der Waals surface area contributed by atoms with Gasteiger partial charge in [-0.05, 0) is 30.5 Å². The van der Waals surface area contributed by atoms with Gasteiger partial charge in [0.25, 0.3) is 0 Å². The highest BCUT2D eigenvalue weighted by Gasteiger charge is 2.41. The Morgan fingerprint density at radius 1 is 1.33 bits per heavy atom. The largest absolute Gasteiger partial charge is 0.493 e. The molecule has 0 aromatic heterocycles. The molecular weight excluding hydrogens is 254 g/mol. The van der Waals surface area contributed by atoms with E-state index >= 15 is 0 Å². The molecular formula is C13H18ClNO3. The number of methoxy groups -OCH3 is 2. The molecule has 0 aliphatic heterocycles. The molecule has 2 N–H and O–H groups in total. The fourth-order valence-electron chi connectivity index (χ4n) is 1.90. The fraction of sp³-hybridized carbons (Fsp3) is 0.538. The molecule has 0 amide bonds. The Kier molecular flexibility index (Phi) is 4.00. The topological polar surface area (TPSA) is 50.7 Å². The van der Waals surface area contributed by atoms with Crippen molar-refractivity contribution in [3.05, 3.63) is 22.7 Å². The highest BCUT2D eigenvalue weighted by Crippen LogP contribution is 2.37. The number of hydrogen-bond acceptors (Lipinski definition) is 4. The first-order chi connectivity index (χ1) is 8.64. The van der Waals surface area contributed by atoms with Crippen molar-refractivity contribution in [2.45, 2.75) is 24.9 Å². The summed E-state index contributed by atoms with van der Waals surface area (Å²) in [6.45, 7) is 0.828. The monoisotopic (exact) mass is 271 g/mol. The molecule has 0 spiro atoms. The number of nitrogens with one attached hydrogen (secondary N) is 1. The number of hydrogen-bond donors (Lipinski definition) is 2. The SMILES string of the molecule is COc1cc(CNC2(CO)CC2)cc(Cl)c1OC. The van der Waals surface area contributed by atoms with Gasteiger partial charge in [-0.15, -0.1) is 0 Å². The van der Waals surface area contributed by atoms with Crippen molar-refractivity contribution in [1.29, 1.82) is 0 Å². The molecule has 1 fully saturated rings. The molecule has 0 bridgehead atoms. The van der Waals surface area contributed by atoms with Crippen LogP contribution in [0.3, 0.4) is 0 Å². The lowest BCUT2D eigenvalue weighted by atomic mass is 10.1. The van der Waals surface area contributed by atoms with Crippen LogP contribution in [-0.4, -0.2) is 31.5 Å². The number of rotatable bonds is 6. The maximum absolute atomic E-state index is 9.24. The molecule has 5 heteroatoms. The number of aliphatic hydroxyl groups is 1. The summed E-state index contributed by atoms with van der Waals surface area (Å²) < 4.78 is 10.4. The molecule has 0 saturated heterocycles. The van der Waals surface area contributed by atoms with Crippen LogP contribution >= 0.6 is 11.6 Å². The van der Waals surface area contributed by atoms with Crippen molar-refractivity contribution in [2.75, 3.05) is 20.8 Å². The smallest absolute Gasteiger partial charge is 0.179 e. The van der Waals surface area contributed by atoms with Crippen molar-refractivity contribution in [2.24, 2.45) is 0 Å². The van der Waals surface area contributed by atoms with Gasteiger partial charge in [-0.3, -0.25) is 0 Å². The first kappa shape index (κ1) is 13.5. The summed E-state index contributed by atoms with van der Waals surface area (Å²) in [5.74, 6) is 1.17. The maximum Gasteiger partial charge on any atom is 0.179 e. The standard InChI is InChI=1S/C13H18ClNO3/c1-17-11-6-9(5-10(14)12(11)18-2)7-15-13(8-16)3-4-13/h5-6,15-16H,3-4,7-8H2,1-2H3. The number of aliphatic hydroxyl groups excluding tert-OH is 1. The molecule has 1 aliphatic carbocycles. The van der Waals surface area contributed by atoms with Gasteiger partial charge < -0.3 is 19.9 Å². The van der Waals surface area contributed by atoms with Crippen LogP contribution in [0.25, 0.3) is 0 Å². The second kappa shape index (κ2) is 5.34. The van der Waals surface area contributed by atoms with Gasteiger partial charge in [0.1, 0.15) is 0 Å². The summed E-state index contributed by atoms with van der Waals surface area (Å²) in [6.07, 6.45) is 2.04. The van der Waals surface area contributed by atoms with Gasteiger partial charge in [0.15, 0.2) is 11.5 Å². The zero-order chi connectivity index (χ0) is 13.2. The van der Waals surface area contributed by atoms with E-state index in [4.69, 9.17) is 21.1 Å². The Hall–Kier alpha value is -0.970. The highest BCUT2D eigenvalue weighted by molar-refractivity contribution is 6.32. The lowest BCUT2D eigenvalue weighted by Crippen LogP contribution is -2.34.